The van der Waals surface area contributed by atoms with Gasteiger partial charge in [-0.25, -0.2) is 4.39 Å². The van der Waals surface area contributed by atoms with Gasteiger partial charge in [-0.2, -0.15) is 4.98 Å². The highest BCUT2D eigenvalue weighted by Crippen LogP contribution is 2.22. The SMILES string of the molecule is Cc1ccc(F)cc1-c1noc(CSCC(=O)O)n1. The summed E-state index contributed by atoms with van der Waals surface area (Å²) in [5.41, 5.74) is 1.41. The van der Waals surface area contributed by atoms with Gasteiger partial charge in [-0.05, 0) is 24.6 Å². The molecule has 0 saturated heterocycles. The molecule has 0 unspecified atom stereocenters. The molecule has 0 aliphatic carbocycles. The monoisotopic (exact) mass is 282 g/mol. The molecule has 0 fully saturated rings. The van der Waals surface area contributed by atoms with Crippen LogP contribution in [0.2, 0.25) is 0 Å². The summed E-state index contributed by atoms with van der Waals surface area (Å²) in [5.74, 6) is -0.351. The molecule has 5 nitrogen and oxygen atoms in total. The first-order valence-electron chi connectivity index (χ1n) is 5.45. The van der Waals surface area contributed by atoms with E-state index in [1.165, 1.54) is 12.1 Å². The van der Waals surface area contributed by atoms with Crippen LogP contribution in [0.1, 0.15) is 11.5 Å². The lowest BCUT2D eigenvalue weighted by atomic mass is 10.1. The lowest BCUT2D eigenvalue weighted by Gasteiger charge is -1.99. The van der Waals surface area contributed by atoms with Crippen LogP contribution >= 0.6 is 11.8 Å². The first-order chi connectivity index (χ1) is 9.06. The smallest absolute Gasteiger partial charge is 0.313 e. The van der Waals surface area contributed by atoms with Gasteiger partial charge in [0.2, 0.25) is 11.7 Å². The number of benzene rings is 1. The summed E-state index contributed by atoms with van der Waals surface area (Å²) in [6.45, 7) is 1.82. The van der Waals surface area contributed by atoms with Crippen LogP contribution < -0.4 is 0 Å². The van der Waals surface area contributed by atoms with E-state index in [1.54, 1.807) is 6.07 Å². The van der Waals surface area contributed by atoms with Gasteiger partial charge in [0, 0.05) is 5.56 Å². The van der Waals surface area contributed by atoms with Crippen molar-refractivity contribution >= 4 is 17.7 Å². The molecule has 19 heavy (non-hydrogen) atoms. The van der Waals surface area contributed by atoms with E-state index in [2.05, 4.69) is 10.1 Å². The molecule has 0 aliphatic heterocycles. The van der Waals surface area contributed by atoms with Crippen molar-refractivity contribution in [3.05, 3.63) is 35.5 Å². The van der Waals surface area contributed by atoms with Crippen LogP contribution in [0.3, 0.4) is 0 Å². The molecule has 2 aromatic rings. The van der Waals surface area contributed by atoms with Gasteiger partial charge in [0.1, 0.15) is 5.82 Å². The maximum atomic E-state index is 13.2. The molecule has 0 saturated carbocycles. The van der Waals surface area contributed by atoms with Crippen molar-refractivity contribution in [1.82, 2.24) is 10.1 Å². The zero-order valence-electron chi connectivity index (χ0n) is 10.1. The Morgan fingerprint density at radius 2 is 2.32 bits per heavy atom. The van der Waals surface area contributed by atoms with Crippen molar-refractivity contribution in [1.29, 1.82) is 0 Å². The normalized spacial score (nSPS) is 10.6. The molecule has 0 radical (unpaired) electrons. The number of nitrogens with zero attached hydrogens (tertiary/aromatic N) is 2. The van der Waals surface area contributed by atoms with Crippen LogP contribution in [-0.4, -0.2) is 27.0 Å². The van der Waals surface area contributed by atoms with Crippen LogP contribution in [-0.2, 0) is 10.5 Å². The maximum Gasteiger partial charge on any atom is 0.313 e. The molecular formula is C12H11FN2O3S. The third-order valence-corrected chi connectivity index (χ3v) is 3.26. The summed E-state index contributed by atoms with van der Waals surface area (Å²) in [5, 5.41) is 12.3. The van der Waals surface area contributed by atoms with E-state index in [-0.39, 0.29) is 11.6 Å². The summed E-state index contributed by atoms with van der Waals surface area (Å²) >= 11 is 1.16. The van der Waals surface area contributed by atoms with E-state index in [9.17, 15) is 9.18 Å². The summed E-state index contributed by atoms with van der Waals surface area (Å²) < 4.78 is 18.2. The number of thioether (sulfide) groups is 1. The summed E-state index contributed by atoms with van der Waals surface area (Å²) in [6, 6.07) is 4.34. The van der Waals surface area contributed by atoms with Crippen molar-refractivity contribution in [3.8, 4) is 11.4 Å². The Labute approximate surface area is 112 Å². The van der Waals surface area contributed by atoms with Crippen LogP contribution in [0.25, 0.3) is 11.4 Å². The minimum atomic E-state index is -0.897. The second-order valence-electron chi connectivity index (χ2n) is 3.86. The molecular weight excluding hydrogens is 271 g/mol. The number of halogens is 1. The Morgan fingerprint density at radius 3 is 3.05 bits per heavy atom. The second kappa shape index (κ2) is 5.83. The highest BCUT2D eigenvalue weighted by molar-refractivity contribution is 7.99. The Kier molecular flexibility index (Phi) is 4.16. The van der Waals surface area contributed by atoms with Crippen molar-refractivity contribution in [2.75, 3.05) is 5.75 Å². The Bertz CT molecular complexity index is 600. The molecule has 7 heteroatoms. The minimum Gasteiger partial charge on any atom is -0.481 e. The predicted octanol–water partition coefficient (Wildman–Crippen LogP) is 2.50. The topological polar surface area (TPSA) is 76.2 Å². The summed E-state index contributed by atoms with van der Waals surface area (Å²) in [7, 11) is 0. The van der Waals surface area contributed by atoms with Gasteiger partial charge in [0.05, 0.1) is 11.5 Å². The second-order valence-corrected chi connectivity index (χ2v) is 4.84. The standard InChI is InChI=1S/C12H11FN2O3S/c1-7-2-3-8(13)4-9(7)12-14-10(18-15-12)5-19-6-11(16)17/h2-4H,5-6H2,1H3,(H,16,17). The third-order valence-electron chi connectivity index (χ3n) is 2.36. The molecule has 1 heterocycles. The van der Waals surface area contributed by atoms with Gasteiger partial charge < -0.3 is 9.63 Å². The Hall–Kier alpha value is -1.89. The lowest BCUT2D eigenvalue weighted by molar-refractivity contribution is -0.133. The lowest BCUT2D eigenvalue weighted by Crippen LogP contribution is -1.98. The molecule has 0 aliphatic rings. The predicted molar refractivity (Wildman–Crippen MR) is 68.2 cm³/mol. The largest absolute Gasteiger partial charge is 0.481 e. The number of aliphatic carboxylic acids is 1. The fraction of sp³-hybridized carbons (Fsp3) is 0.250. The molecule has 0 bridgehead atoms. The van der Waals surface area contributed by atoms with Gasteiger partial charge in [0.25, 0.3) is 0 Å². The highest BCUT2D eigenvalue weighted by atomic mass is 32.2. The zero-order chi connectivity index (χ0) is 13.8. The van der Waals surface area contributed by atoms with E-state index in [0.717, 1.165) is 17.3 Å². The quantitative estimate of drug-likeness (QED) is 0.908. The van der Waals surface area contributed by atoms with Gasteiger partial charge >= 0.3 is 5.97 Å². The van der Waals surface area contributed by atoms with Gasteiger partial charge in [-0.15, -0.1) is 11.8 Å². The molecule has 1 aromatic heterocycles. The first kappa shape index (κ1) is 13.5. The fourth-order valence-corrected chi connectivity index (χ4v) is 2.05. The first-order valence-corrected chi connectivity index (χ1v) is 6.60. The van der Waals surface area contributed by atoms with Gasteiger partial charge in [-0.3, -0.25) is 4.79 Å². The third kappa shape index (κ3) is 3.54. The molecule has 0 atom stereocenters. The molecule has 1 N–H and O–H groups in total. The van der Waals surface area contributed by atoms with E-state index in [1.807, 2.05) is 6.92 Å². The summed E-state index contributed by atoms with van der Waals surface area (Å²) in [4.78, 5) is 14.5. The van der Waals surface area contributed by atoms with Gasteiger partial charge in [-0.1, -0.05) is 11.2 Å². The van der Waals surface area contributed by atoms with Crippen LogP contribution in [0.15, 0.2) is 22.7 Å². The zero-order valence-corrected chi connectivity index (χ0v) is 10.9. The van der Waals surface area contributed by atoms with Gasteiger partial charge in [0.15, 0.2) is 0 Å². The van der Waals surface area contributed by atoms with Crippen molar-refractivity contribution in [2.45, 2.75) is 12.7 Å². The van der Waals surface area contributed by atoms with Crippen LogP contribution in [0.4, 0.5) is 4.39 Å². The van der Waals surface area contributed by atoms with E-state index in [0.29, 0.717) is 23.0 Å². The number of hydrogen-bond donors (Lipinski definition) is 1. The molecule has 1 aromatic carbocycles. The highest BCUT2D eigenvalue weighted by Gasteiger charge is 2.12. The Balaban J connectivity index is 2.12. The van der Waals surface area contributed by atoms with E-state index < -0.39 is 5.97 Å². The van der Waals surface area contributed by atoms with E-state index >= 15 is 0 Å². The number of hydrogen-bond acceptors (Lipinski definition) is 5. The average molecular weight is 282 g/mol. The average Bonchev–Trinajstić information content (AvgIpc) is 2.80. The number of carbonyl (C=O) groups is 1. The minimum absolute atomic E-state index is 0.0310. The Morgan fingerprint density at radius 1 is 1.53 bits per heavy atom. The van der Waals surface area contributed by atoms with E-state index in [4.69, 9.17) is 9.63 Å². The number of aryl methyl sites for hydroxylation is 1. The van der Waals surface area contributed by atoms with Crippen molar-refractivity contribution < 1.29 is 18.8 Å². The molecule has 100 valence electrons. The summed E-state index contributed by atoms with van der Waals surface area (Å²) in [6.07, 6.45) is 0. The van der Waals surface area contributed by atoms with Crippen molar-refractivity contribution in [3.63, 3.8) is 0 Å². The number of carboxylic acid groups (broad SMARTS) is 1. The number of aromatic nitrogens is 2. The number of rotatable bonds is 5. The molecule has 2 rings (SSSR count). The maximum absolute atomic E-state index is 13.2. The van der Waals surface area contributed by atoms with Crippen LogP contribution in [0, 0.1) is 12.7 Å². The molecule has 0 amide bonds. The van der Waals surface area contributed by atoms with Crippen molar-refractivity contribution in [2.24, 2.45) is 0 Å². The van der Waals surface area contributed by atoms with Crippen LogP contribution in [0.5, 0.6) is 0 Å². The number of carboxylic acids is 1. The fourth-order valence-electron chi connectivity index (χ4n) is 1.48. The molecule has 0 spiro atoms.